The molecular weight excluding hydrogens is 270 g/mol. The lowest BCUT2D eigenvalue weighted by atomic mass is 10.1. The van der Waals surface area contributed by atoms with Crippen LogP contribution in [0.3, 0.4) is 0 Å². The number of aryl methyl sites for hydroxylation is 2. The molecule has 108 valence electrons. The molecule has 0 spiro atoms. The Labute approximate surface area is 124 Å². The third-order valence-electron chi connectivity index (χ3n) is 3.52. The molecular formula is C15H21N3OS. The number of benzene rings is 1. The van der Waals surface area contributed by atoms with Crippen molar-refractivity contribution in [1.82, 2.24) is 14.8 Å². The van der Waals surface area contributed by atoms with Crippen molar-refractivity contribution in [1.29, 1.82) is 0 Å². The minimum Gasteiger partial charge on any atom is -0.482 e. The van der Waals surface area contributed by atoms with Crippen molar-refractivity contribution in [3.05, 3.63) is 39.9 Å². The Morgan fingerprint density at radius 1 is 1.30 bits per heavy atom. The van der Waals surface area contributed by atoms with Crippen LogP contribution in [0.15, 0.2) is 18.2 Å². The molecule has 0 bridgehead atoms. The van der Waals surface area contributed by atoms with Gasteiger partial charge >= 0.3 is 0 Å². The van der Waals surface area contributed by atoms with Crippen molar-refractivity contribution in [2.75, 3.05) is 0 Å². The largest absolute Gasteiger partial charge is 0.482 e. The van der Waals surface area contributed by atoms with Gasteiger partial charge in [-0.3, -0.25) is 5.10 Å². The van der Waals surface area contributed by atoms with Crippen LogP contribution in [-0.2, 0) is 6.54 Å². The number of hydrogen-bond acceptors (Lipinski definition) is 3. The van der Waals surface area contributed by atoms with Crippen LogP contribution in [0.2, 0.25) is 0 Å². The van der Waals surface area contributed by atoms with Crippen LogP contribution in [0.25, 0.3) is 0 Å². The molecule has 20 heavy (non-hydrogen) atoms. The summed E-state index contributed by atoms with van der Waals surface area (Å²) in [6.45, 7) is 9.11. The Morgan fingerprint density at radius 3 is 2.65 bits per heavy atom. The summed E-state index contributed by atoms with van der Waals surface area (Å²) in [5.41, 5.74) is 2.49. The molecule has 2 aromatic rings. The number of nitrogens with zero attached hydrogens (tertiary/aromatic N) is 2. The van der Waals surface area contributed by atoms with Crippen LogP contribution >= 0.6 is 12.2 Å². The fourth-order valence-electron chi connectivity index (χ4n) is 2.15. The highest BCUT2D eigenvalue weighted by Gasteiger charge is 2.18. The number of hydrogen-bond donors (Lipinski definition) is 1. The van der Waals surface area contributed by atoms with Gasteiger partial charge in [0.25, 0.3) is 0 Å². The van der Waals surface area contributed by atoms with Gasteiger partial charge in [-0.25, -0.2) is 0 Å². The first-order valence-electron chi connectivity index (χ1n) is 6.95. The zero-order valence-electron chi connectivity index (χ0n) is 12.4. The van der Waals surface area contributed by atoms with Crippen LogP contribution in [0.4, 0.5) is 0 Å². The van der Waals surface area contributed by atoms with E-state index in [0.29, 0.717) is 4.77 Å². The maximum Gasteiger partial charge on any atom is 0.195 e. The maximum absolute atomic E-state index is 6.09. The minimum atomic E-state index is -0.0926. The third-order valence-corrected chi connectivity index (χ3v) is 3.83. The van der Waals surface area contributed by atoms with Gasteiger partial charge in [0.2, 0.25) is 0 Å². The second-order valence-corrected chi connectivity index (χ2v) is 5.28. The summed E-state index contributed by atoms with van der Waals surface area (Å²) < 4.78 is 8.71. The van der Waals surface area contributed by atoms with E-state index in [0.717, 1.165) is 24.5 Å². The molecule has 0 fully saturated rings. The van der Waals surface area contributed by atoms with E-state index in [-0.39, 0.29) is 6.10 Å². The molecule has 1 aromatic heterocycles. The maximum atomic E-state index is 6.09. The lowest BCUT2D eigenvalue weighted by molar-refractivity contribution is 0.185. The fourth-order valence-corrected chi connectivity index (χ4v) is 2.42. The molecule has 0 saturated heterocycles. The summed E-state index contributed by atoms with van der Waals surface area (Å²) in [6, 6.07) is 6.15. The highest BCUT2D eigenvalue weighted by Crippen LogP contribution is 2.25. The van der Waals surface area contributed by atoms with Gasteiger partial charge in [-0.2, -0.15) is 5.10 Å². The van der Waals surface area contributed by atoms with Gasteiger partial charge in [-0.15, -0.1) is 0 Å². The predicted molar refractivity (Wildman–Crippen MR) is 82.7 cm³/mol. The quantitative estimate of drug-likeness (QED) is 0.843. The Kier molecular flexibility index (Phi) is 4.60. The van der Waals surface area contributed by atoms with Crippen molar-refractivity contribution in [3.63, 3.8) is 0 Å². The Hall–Kier alpha value is -1.62. The third kappa shape index (κ3) is 2.93. The summed E-state index contributed by atoms with van der Waals surface area (Å²) >= 11 is 5.23. The minimum absolute atomic E-state index is 0.0926. The van der Waals surface area contributed by atoms with Crippen molar-refractivity contribution in [2.24, 2.45) is 0 Å². The molecule has 1 atom stereocenters. The van der Waals surface area contributed by atoms with Crippen LogP contribution in [-0.4, -0.2) is 14.8 Å². The monoisotopic (exact) mass is 291 g/mol. The van der Waals surface area contributed by atoms with Gasteiger partial charge in [0.15, 0.2) is 16.7 Å². The molecule has 1 aromatic carbocycles. The fraction of sp³-hybridized carbons (Fsp3) is 0.467. The number of aromatic nitrogens is 3. The highest BCUT2D eigenvalue weighted by molar-refractivity contribution is 7.71. The van der Waals surface area contributed by atoms with E-state index in [4.69, 9.17) is 17.0 Å². The molecule has 4 nitrogen and oxygen atoms in total. The van der Waals surface area contributed by atoms with Gasteiger partial charge in [0, 0.05) is 6.54 Å². The Morgan fingerprint density at radius 2 is 2.05 bits per heavy atom. The SMILES string of the molecule is CC[C@H](Oc1ccc(C)c(C)c1)c1n[nH]c(=S)n1CC. The van der Waals surface area contributed by atoms with E-state index < -0.39 is 0 Å². The molecule has 1 heterocycles. The van der Waals surface area contributed by atoms with Gasteiger partial charge < -0.3 is 9.30 Å². The van der Waals surface area contributed by atoms with Gasteiger partial charge in [0.05, 0.1) is 0 Å². The topological polar surface area (TPSA) is 42.8 Å². The molecule has 0 aliphatic carbocycles. The molecule has 0 aliphatic heterocycles. The van der Waals surface area contributed by atoms with Crippen molar-refractivity contribution >= 4 is 12.2 Å². The van der Waals surface area contributed by atoms with E-state index in [1.54, 1.807) is 0 Å². The normalized spacial score (nSPS) is 12.4. The number of rotatable bonds is 5. The molecule has 0 radical (unpaired) electrons. The predicted octanol–water partition coefficient (Wildman–Crippen LogP) is 4.11. The molecule has 0 unspecified atom stereocenters. The molecule has 0 aliphatic rings. The summed E-state index contributed by atoms with van der Waals surface area (Å²) in [7, 11) is 0. The number of nitrogens with one attached hydrogen (secondary N) is 1. The molecule has 2 rings (SSSR count). The summed E-state index contributed by atoms with van der Waals surface area (Å²) in [6.07, 6.45) is 0.747. The van der Waals surface area contributed by atoms with E-state index in [9.17, 15) is 0 Å². The van der Waals surface area contributed by atoms with Crippen LogP contribution in [0, 0.1) is 18.6 Å². The van der Waals surface area contributed by atoms with E-state index in [1.807, 2.05) is 10.6 Å². The van der Waals surface area contributed by atoms with Crippen LogP contribution < -0.4 is 4.74 Å². The number of aromatic amines is 1. The standard InChI is InChI=1S/C15H21N3OS/c1-5-13(14-16-17-15(20)18(14)6-2)19-12-8-7-10(3)11(4)9-12/h7-9,13H,5-6H2,1-4H3,(H,17,20)/t13-/m0/s1. The van der Waals surface area contributed by atoms with Gasteiger partial charge in [-0.1, -0.05) is 13.0 Å². The van der Waals surface area contributed by atoms with Crippen LogP contribution in [0.5, 0.6) is 5.75 Å². The van der Waals surface area contributed by atoms with Gasteiger partial charge in [0.1, 0.15) is 5.75 Å². The molecule has 5 heteroatoms. The molecule has 0 amide bonds. The summed E-state index contributed by atoms with van der Waals surface area (Å²) in [4.78, 5) is 0. The molecule has 1 N–H and O–H groups in total. The first-order chi connectivity index (χ1) is 9.56. The Balaban J connectivity index is 2.28. The highest BCUT2D eigenvalue weighted by atomic mass is 32.1. The van der Waals surface area contributed by atoms with E-state index >= 15 is 0 Å². The lowest BCUT2D eigenvalue weighted by Crippen LogP contribution is -2.13. The average molecular weight is 291 g/mol. The van der Waals surface area contributed by atoms with Crippen molar-refractivity contribution < 1.29 is 4.74 Å². The lowest BCUT2D eigenvalue weighted by Gasteiger charge is -2.18. The molecule has 0 saturated carbocycles. The van der Waals surface area contributed by atoms with Gasteiger partial charge in [-0.05, 0) is 62.7 Å². The second-order valence-electron chi connectivity index (χ2n) is 4.89. The second kappa shape index (κ2) is 6.22. The van der Waals surface area contributed by atoms with Crippen molar-refractivity contribution in [2.45, 2.75) is 46.8 Å². The zero-order chi connectivity index (χ0) is 14.7. The zero-order valence-corrected chi connectivity index (χ0v) is 13.3. The number of H-pyrrole nitrogens is 1. The first kappa shape index (κ1) is 14.8. The Bertz CT molecular complexity index is 645. The first-order valence-corrected chi connectivity index (χ1v) is 7.36. The van der Waals surface area contributed by atoms with E-state index in [1.165, 1.54) is 11.1 Å². The van der Waals surface area contributed by atoms with Crippen LogP contribution in [0.1, 0.15) is 43.3 Å². The average Bonchev–Trinajstić information content (AvgIpc) is 2.81. The smallest absolute Gasteiger partial charge is 0.195 e. The summed E-state index contributed by atoms with van der Waals surface area (Å²) in [5, 5.41) is 7.16. The van der Waals surface area contributed by atoms with E-state index in [2.05, 4.69) is 50.0 Å². The summed E-state index contributed by atoms with van der Waals surface area (Å²) in [5.74, 6) is 1.73. The number of ether oxygens (including phenoxy) is 1. The van der Waals surface area contributed by atoms with Crippen molar-refractivity contribution in [3.8, 4) is 5.75 Å².